The van der Waals surface area contributed by atoms with Gasteiger partial charge in [0.2, 0.25) is 11.8 Å². The van der Waals surface area contributed by atoms with Gasteiger partial charge in [-0.1, -0.05) is 12.2 Å². The maximum absolute atomic E-state index is 12.7. The minimum atomic E-state index is -1.14. The summed E-state index contributed by atoms with van der Waals surface area (Å²) >= 11 is 0. The van der Waals surface area contributed by atoms with Gasteiger partial charge >= 0.3 is 0 Å². The van der Waals surface area contributed by atoms with Gasteiger partial charge in [-0.2, -0.15) is 0 Å². The molecule has 1 N–H and O–H groups in total. The second-order valence-corrected chi connectivity index (χ2v) is 5.84. The lowest BCUT2D eigenvalue weighted by Gasteiger charge is -2.26. The molecule has 8 nitrogen and oxygen atoms in total. The van der Waals surface area contributed by atoms with Crippen molar-refractivity contribution in [3.05, 3.63) is 46.5 Å². The maximum Gasteiger partial charge on any atom is 0.269 e. The topological polar surface area (TPSA) is 110 Å². The van der Waals surface area contributed by atoms with E-state index in [2.05, 4.69) is 0 Å². The van der Waals surface area contributed by atoms with Crippen LogP contribution >= 0.6 is 0 Å². The number of hydrogen-bond donors (Lipinski definition) is 1. The summed E-state index contributed by atoms with van der Waals surface area (Å²) in [6.45, 7) is -0.381. The third-order valence-electron chi connectivity index (χ3n) is 4.72. The lowest BCUT2D eigenvalue weighted by Crippen LogP contribution is -2.43. The number of carbonyl (C=O) groups excluding carboxylic acids is 2. The van der Waals surface area contributed by atoms with Gasteiger partial charge in [0.1, 0.15) is 5.60 Å². The van der Waals surface area contributed by atoms with Crippen LogP contribution in [0.4, 0.5) is 11.4 Å². The van der Waals surface area contributed by atoms with Crippen molar-refractivity contribution in [2.45, 2.75) is 11.7 Å². The van der Waals surface area contributed by atoms with E-state index in [1.54, 1.807) is 12.2 Å². The Morgan fingerprint density at radius 2 is 1.96 bits per heavy atom. The van der Waals surface area contributed by atoms with Crippen LogP contribution in [-0.2, 0) is 14.3 Å². The van der Waals surface area contributed by atoms with Crippen molar-refractivity contribution in [2.75, 3.05) is 11.5 Å². The van der Waals surface area contributed by atoms with Gasteiger partial charge in [-0.15, -0.1) is 0 Å². The quantitative estimate of drug-likeness (QED) is 0.374. The average molecular weight is 316 g/mol. The summed E-state index contributed by atoms with van der Waals surface area (Å²) < 4.78 is 5.63. The van der Waals surface area contributed by atoms with E-state index in [0.717, 1.165) is 4.90 Å². The molecule has 2 bridgehead atoms. The van der Waals surface area contributed by atoms with Crippen LogP contribution in [0.3, 0.4) is 0 Å². The van der Waals surface area contributed by atoms with E-state index in [1.165, 1.54) is 24.3 Å². The molecule has 1 aromatic carbocycles. The number of fused-ring (bicyclic) bond motifs is 5. The van der Waals surface area contributed by atoms with Crippen LogP contribution in [-0.4, -0.2) is 40.2 Å². The molecule has 118 valence electrons. The maximum atomic E-state index is 12.7. The van der Waals surface area contributed by atoms with Gasteiger partial charge in [0.15, 0.2) is 0 Å². The van der Waals surface area contributed by atoms with Gasteiger partial charge in [-0.3, -0.25) is 19.7 Å². The molecule has 8 heteroatoms. The van der Waals surface area contributed by atoms with E-state index < -0.39 is 40.3 Å². The number of nitrogens with zero attached hydrogens (tertiary/aromatic N) is 2. The molecule has 4 atom stereocenters. The number of aliphatic hydroxyl groups is 1. The van der Waals surface area contributed by atoms with E-state index in [4.69, 9.17) is 4.74 Å². The van der Waals surface area contributed by atoms with Crippen molar-refractivity contribution in [2.24, 2.45) is 11.8 Å². The van der Waals surface area contributed by atoms with Crippen LogP contribution in [0.25, 0.3) is 0 Å². The number of benzene rings is 1. The minimum absolute atomic E-state index is 0.120. The predicted octanol–water partition coefficient (Wildman–Crippen LogP) is 0.400. The minimum Gasteiger partial charge on any atom is -0.393 e. The Bertz CT molecular complexity index is 758. The fourth-order valence-electron chi connectivity index (χ4n) is 3.66. The van der Waals surface area contributed by atoms with Gasteiger partial charge in [-0.05, 0) is 12.1 Å². The SMILES string of the molecule is O=C1C2C3C=CC(CO)(O3)C2C(=O)N1c1ccc([N+](=O)[O-])cc1. The molecule has 0 aromatic heterocycles. The number of aliphatic hydroxyl groups excluding tert-OH is 1. The molecule has 23 heavy (non-hydrogen) atoms. The van der Waals surface area contributed by atoms with Crippen LogP contribution in [0, 0.1) is 22.0 Å². The van der Waals surface area contributed by atoms with Crippen LogP contribution in [0.2, 0.25) is 0 Å². The first-order valence-corrected chi connectivity index (χ1v) is 7.09. The Labute approximate surface area is 130 Å². The Morgan fingerprint density at radius 1 is 1.26 bits per heavy atom. The summed E-state index contributed by atoms with van der Waals surface area (Å²) in [6.07, 6.45) is 2.82. The third kappa shape index (κ3) is 1.67. The summed E-state index contributed by atoms with van der Waals surface area (Å²) in [5.74, 6) is -2.27. The van der Waals surface area contributed by atoms with Crippen LogP contribution in [0.15, 0.2) is 36.4 Å². The van der Waals surface area contributed by atoms with E-state index in [1.807, 2.05) is 0 Å². The van der Waals surface area contributed by atoms with Crippen molar-refractivity contribution in [3.63, 3.8) is 0 Å². The standard InChI is InChI=1S/C15H12N2O6/c18-7-15-6-5-10(23-15)11-12(15)14(20)16(13(11)19)8-1-3-9(4-2-8)17(21)22/h1-6,10-12,18H,7H2. The summed E-state index contributed by atoms with van der Waals surface area (Å²) in [7, 11) is 0. The smallest absolute Gasteiger partial charge is 0.269 e. The van der Waals surface area contributed by atoms with Crippen LogP contribution in [0.1, 0.15) is 0 Å². The fraction of sp³-hybridized carbons (Fsp3) is 0.333. The molecule has 0 radical (unpaired) electrons. The molecular weight excluding hydrogens is 304 g/mol. The lowest BCUT2D eigenvalue weighted by molar-refractivity contribution is -0.384. The van der Waals surface area contributed by atoms with E-state index in [0.29, 0.717) is 0 Å². The van der Waals surface area contributed by atoms with E-state index in [-0.39, 0.29) is 18.0 Å². The lowest BCUT2D eigenvalue weighted by atomic mass is 9.77. The molecule has 0 spiro atoms. The second-order valence-electron chi connectivity index (χ2n) is 5.84. The molecule has 2 saturated heterocycles. The van der Waals surface area contributed by atoms with E-state index in [9.17, 15) is 24.8 Å². The molecule has 1 aromatic rings. The molecule has 3 aliphatic rings. The first-order chi connectivity index (χ1) is 11.0. The Morgan fingerprint density at radius 3 is 2.57 bits per heavy atom. The summed E-state index contributed by atoms with van der Waals surface area (Å²) in [5, 5.41) is 20.3. The Hall–Kier alpha value is -2.58. The zero-order valence-electron chi connectivity index (χ0n) is 11.8. The van der Waals surface area contributed by atoms with Crippen molar-refractivity contribution in [1.82, 2.24) is 0 Å². The molecule has 4 unspecified atom stereocenters. The molecule has 4 rings (SSSR count). The van der Waals surface area contributed by atoms with E-state index >= 15 is 0 Å². The molecule has 3 heterocycles. The van der Waals surface area contributed by atoms with Gasteiger partial charge in [0.05, 0.1) is 35.2 Å². The fourth-order valence-corrected chi connectivity index (χ4v) is 3.66. The van der Waals surface area contributed by atoms with Gasteiger partial charge in [0, 0.05) is 12.1 Å². The Kier molecular flexibility index (Phi) is 2.72. The number of amides is 2. The van der Waals surface area contributed by atoms with Crippen molar-refractivity contribution in [1.29, 1.82) is 0 Å². The number of anilines is 1. The summed E-state index contributed by atoms with van der Waals surface area (Å²) in [6, 6.07) is 5.23. The second kappa shape index (κ2) is 4.46. The number of carbonyl (C=O) groups is 2. The van der Waals surface area contributed by atoms with Crippen molar-refractivity contribution >= 4 is 23.2 Å². The van der Waals surface area contributed by atoms with Crippen molar-refractivity contribution in [3.8, 4) is 0 Å². The van der Waals surface area contributed by atoms with Crippen LogP contribution in [0.5, 0.6) is 0 Å². The number of ether oxygens (including phenoxy) is 1. The number of nitro groups is 1. The predicted molar refractivity (Wildman–Crippen MR) is 76.4 cm³/mol. The zero-order chi connectivity index (χ0) is 16.4. The van der Waals surface area contributed by atoms with Gasteiger partial charge < -0.3 is 9.84 Å². The largest absolute Gasteiger partial charge is 0.393 e. The molecular formula is C15H12N2O6. The number of rotatable bonds is 3. The highest BCUT2D eigenvalue weighted by atomic mass is 16.6. The zero-order valence-corrected chi connectivity index (χ0v) is 11.8. The van der Waals surface area contributed by atoms with Gasteiger partial charge in [0.25, 0.3) is 5.69 Å². The molecule has 0 saturated carbocycles. The highest BCUT2D eigenvalue weighted by Crippen LogP contribution is 2.52. The normalized spacial score (nSPS) is 34.3. The van der Waals surface area contributed by atoms with Crippen LogP contribution < -0.4 is 4.90 Å². The first kappa shape index (κ1) is 14.0. The monoisotopic (exact) mass is 316 g/mol. The third-order valence-corrected chi connectivity index (χ3v) is 4.72. The summed E-state index contributed by atoms with van der Waals surface area (Å²) in [4.78, 5) is 36.5. The Balaban J connectivity index is 1.72. The molecule has 2 amide bonds. The highest BCUT2D eigenvalue weighted by Gasteiger charge is 2.67. The highest BCUT2D eigenvalue weighted by molar-refractivity contribution is 6.23. The first-order valence-electron chi connectivity index (χ1n) is 7.09. The van der Waals surface area contributed by atoms with Gasteiger partial charge in [-0.25, -0.2) is 4.90 Å². The summed E-state index contributed by atoms with van der Waals surface area (Å²) in [5.41, 5.74) is -0.977. The average Bonchev–Trinajstić information content (AvgIpc) is 3.19. The molecule has 2 fully saturated rings. The number of imide groups is 1. The number of non-ortho nitro benzene ring substituents is 1. The number of nitro benzene ring substituents is 1. The molecule has 0 aliphatic carbocycles. The number of hydrogen-bond acceptors (Lipinski definition) is 6. The molecule has 3 aliphatic heterocycles. The van der Waals surface area contributed by atoms with Crippen molar-refractivity contribution < 1.29 is 24.4 Å².